The van der Waals surface area contributed by atoms with Crippen molar-refractivity contribution in [1.29, 1.82) is 0 Å². The van der Waals surface area contributed by atoms with Crippen molar-refractivity contribution in [3.63, 3.8) is 0 Å². The Hall–Kier alpha value is -1.03. The Kier molecular flexibility index (Phi) is 4.86. The van der Waals surface area contributed by atoms with Gasteiger partial charge < -0.3 is 10.5 Å². The Labute approximate surface area is 126 Å². The maximum absolute atomic E-state index is 6.10. The molecule has 2 aromatic rings. The lowest BCUT2D eigenvalue weighted by molar-refractivity contribution is 0.482. The van der Waals surface area contributed by atoms with Gasteiger partial charge in [-0.1, -0.05) is 33.6 Å². The Balaban J connectivity index is 2.24. The smallest absolute Gasteiger partial charge is 0.147 e. The lowest BCUT2D eigenvalue weighted by Gasteiger charge is -2.11. The van der Waals surface area contributed by atoms with Crippen LogP contribution in [-0.2, 0) is 6.42 Å². The second kappa shape index (κ2) is 6.42. The largest absolute Gasteiger partial charge is 0.456 e. The van der Waals surface area contributed by atoms with Gasteiger partial charge >= 0.3 is 0 Å². The summed E-state index contributed by atoms with van der Waals surface area (Å²) >= 11 is 9.51. The predicted molar refractivity (Wildman–Crippen MR) is 83.2 cm³/mol. The Morgan fingerprint density at radius 1 is 1.21 bits per heavy atom. The first kappa shape index (κ1) is 14.4. The van der Waals surface area contributed by atoms with Crippen LogP contribution < -0.4 is 10.5 Å². The topological polar surface area (TPSA) is 35.2 Å². The molecule has 0 saturated carbocycles. The van der Waals surface area contributed by atoms with Gasteiger partial charge in [0.15, 0.2) is 0 Å². The van der Waals surface area contributed by atoms with Gasteiger partial charge in [0.25, 0.3) is 0 Å². The lowest BCUT2D eigenvalue weighted by Crippen LogP contribution is -2.04. The fourth-order valence-electron chi connectivity index (χ4n) is 1.85. The molecule has 0 aliphatic rings. The molecule has 0 fully saturated rings. The van der Waals surface area contributed by atoms with Crippen molar-refractivity contribution in [2.45, 2.75) is 13.3 Å². The highest BCUT2D eigenvalue weighted by Crippen LogP contribution is 2.32. The first-order chi connectivity index (χ1) is 9.10. The van der Waals surface area contributed by atoms with Crippen LogP contribution in [0, 0.1) is 6.92 Å². The van der Waals surface area contributed by atoms with Crippen LogP contribution in [0.25, 0.3) is 0 Å². The van der Waals surface area contributed by atoms with Gasteiger partial charge in [-0.15, -0.1) is 0 Å². The van der Waals surface area contributed by atoms with Crippen LogP contribution in [0.2, 0.25) is 5.02 Å². The molecule has 0 saturated heterocycles. The minimum absolute atomic E-state index is 0.590. The quantitative estimate of drug-likeness (QED) is 0.875. The van der Waals surface area contributed by atoms with Crippen molar-refractivity contribution >= 4 is 27.5 Å². The Bertz CT molecular complexity index is 586. The molecule has 4 heteroatoms. The van der Waals surface area contributed by atoms with E-state index in [-0.39, 0.29) is 0 Å². The Morgan fingerprint density at radius 3 is 2.68 bits per heavy atom. The second-order valence-electron chi connectivity index (χ2n) is 4.30. The van der Waals surface area contributed by atoms with E-state index in [0.717, 1.165) is 16.6 Å². The predicted octanol–water partition coefficient (Wildman–Crippen LogP) is 4.70. The van der Waals surface area contributed by atoms with Gasteiger partial charge in [0, 0.05) is 4.47 Å². The average Bonchev–Trinajstić information content (AvgIpc) is 2.37. The van der Waals surface area contributed by atoms with E-state index in [9.17, 15) is 0 Å². The van der Waals surface area contributed by atoms with Crippen molar-refractivity contribution in [1.82, 2.24) is 0 Å². The van der Waals surface area contributed by atoms with E-state index in [1.807, 2.05) is 30.3 Å². The van der Waals surface area contributed by atoms with Crippen LogP contribution >= 0.6 is 27.5 Å². The van der Waals surface area contributed by atoms with E-state index in [0.29, 0.717) is 17.3 Å². The van der Waals surface area contributed by atoms with E-state index >= 15 is 0 Å². The molecule has 0 radical (unpaired) electrons. The van der Waals surface area contributed by atoms with Gasteiger partial charge in [-0.25, -0.2) is 0 Å². The molecule has 0 aliphatic heterocycles. The standard InChI is InChI=1S/C15H15BrClNO/c1-10-8-13(4-2-11(10)6-7-18)19-15-9-12(16)3-5-14(15)17/h2-5,8-9H,6-7,18H2,1H3. The monoisotopic (exact) mass is 339 g/mol. The highest BCUT2D eigenvalue weighted by atomic mass is 79.9. The summed E-state index contributed by atoms with van der Waals surface area (Å²) in [5, 5.41) is 0.590. The molecule has 0 aliphatic carbocycles. The van der Waals surface area contributed by atoms with Crippen LogP contribution in [-0.4, -0.2) is 6.54 Å². The van der Waals surface area contributed by atoms with Crippen LogP contribution in [0.15, 0.2) is 40.9 Å². The van der Waals surface area contributed by atoms with Crippen LogP contribution in [0.3, 0.4) is 0 Å². The molecular weight excluding hydrogens is 326 g/mol. The molecule has 0 heterocycles. The zero-order valence-corrected chi connectivity index (χ0v) is 13.0. The molecule has 0 atom stereocenters. The molecule has 2 nitrogen and oxygen atoms in total. The van der Waals surface area contributed by atoms with E-state index in [4.69, 9.17) is 22.1 Å². The molecule has 0 aromatic heterocycles. The molecule has 19 heavy (non-hydrogen) atoms. The third-order valence-electron chi connectivity index (χ3n) is 2.85. The van der Waals surface area contributed by atoms with E-state index in [1.165, 1.54) is 11.1 Å². The molecule has 0 unspecified atom stereocenters. The number of ether oxygens (including phenoxy) is 1. The second-order valence-corrected chi connectivity index (χ2v) is 5.63. The summed E-state index contributed by atoms with van der Waals surface area (Å²) in [6.07, 6.45) is 0.879. The highest BCUT2D eigenvalue weighted by Gasteiger charge is 2.06. The van der Waals surface area contributed by atoms with Gasteiger partial charge in [-0.3, -0.25) is 0 Å². The molecule has 0 spiro atoms. The summed E-state index contributed by atoms with van der Waals surface area (Å²) in [7, 11) is 0. The fourth-order valence-corrected chi connectivity index (χ4v) is 2.35. The third kappa shape index (κ3) is 3.72. The van der Waals surface area contributed by atoms with E-state index in [2.05, 4.69) is 22.9 Å². The molecule has 100 valence electrons. The third-order valence-corrected chi connectivity index (χ3v) is 3.65. The van der Waals surface area contributed by atoms with Crippen molar-refractivity contribution in [3.05, 3.63) is 57.0 Å². The number of rotatable bonds is 4. The zero-order chi connectivity index (χ0) is 13.8. The number of halogens is 2. The molecule has 0 amide bonds. The molecule has 2 N–H and O–H groups in total. The van der Waals surface area contributed by atoms with Crippen molar-refractivity contribution < 1.29 is 4.74 Å². The number of nitrogens with two attached hydrogens (primary N) is 1. The molecular formula is C15H15BrClNO. The Morgan fingerprint density at radius 2 is 2.00 bits per heavy atom. The number of hydrogen-bond donors (Lipinski definition) is 1. The van der Waals surface area contributed by atoms with E-state index in [1.54, 1.807) is 6.07 Å². The first-order valence-corrected chi connectivity index (χ1v) is 7.20. The number of aryl methyl sites for hydroxylation is 1. The summed E-state index contributed by atoms with van der Waals surface area (Å²) < 4.78 is 6.74. The summed E-state index contributed by atoms with van der Waals surface area (Å²) in [4.78, 5) is 0. The van der Waals surface area contributed by atoms with Crippen LogP contribution in [0.1, 0.15) is 11.1 Å². The minimum atomic E-state index is 0.590. The van der Waals surface area contributed by atoms with Gasteiger partial charge in [0.05, 0.1) is 5.02 Å². The average molecular weight is 341 g/mol. The summed E-state index contributed by atoms with van der Waals surface area (Å²) in [6, 6.07) is 11.5. The number of hydrogen-bond acceptors (Lipinski definition) is 2. The molecule has 2 aromatic carbocycles. The highest BCUT2D eigenvalue weighted by molar-refractivity contribution is 9.10. The van der Waals surface area contributed by atoms with Gasteiger partial charge in [0.2, 0.25) is 0 Å². The number of benzene rings is 2. The zero-order valence-electron chi connectivity index (χ0n) is 10.6. The summed E-state index contributed by atoms with van der Waals surface area (Å²) in [6.45, 7) is 2.71. The summed E-state index contributed by atoms with van der Waals surface area (Å²) in [5.41, 5.74) is 7.99. The molecule has 2 rings (SSSR count). The minimum Gasteiger partial charge on any atom is -0.456 e. The maximum Gasteiger partial charge on any atom is 0.147 e. The van der Waals surface area contributed by atoms with Gasteiger partial charge in [-0.05, 0) is 61.3 Å². The van der Waals surface area contributed by atoms with Crippen LogP contribution in [0.5, 0.6) is 11.5 Å². The van der Waals surface area contributed by atoms with Crippen LogP contribution in [0.4, 0.5) is 0 Å². The normalized spacial score (nSPS) is 10.5. The van der Waals surface area contributed by atoms with Crippen molar-refractivity contribution in [2.75, 3.05) is 6.54 Å². The SMILES string of the molecule is Cc1cc(Oc2cc(Br)ccc2Cl)ccc1CCN. The van der Waals surface area contributed by atoms with Gasteiger partial charge in [-0.2, -0.15) is 0 Å². The lowest BCUT2D eigenvalue weighted by atomic mass is 10.1. The first-order valence-electron chi connectivity index (χ1n) is 6.02. The van der Waals surface area contributed by atoms with Crippen molar-refractivity contribution in [2.24, 2.45) is 5.73 Å². The fraction of sp³-hybridized carbons (Fsp3) is 0.200. The molecule has 0 bridgehead atoms. The summed E-state index contributed by atoms with van der Waals surface area (Å²) in [5.74, 6) is 1.42. The van der Waals surface area contributed by atoms with Crippen molar-refractivity contribution in [3.8, 4) is 11.5 Å². The maximum atomic E-state index is 6.10. The van der Waals surface area contributed by atoms with E-state index < -0.39 is 0 Å². The van der Waals surface area contributed by atoms with Gasteiger partial charge in [0.1, 0.15) is 11.5 Å².